The molecule has 1 aromatic rings. The number of rotatable bonds is 4. The van der Waals surface area contributed by atoms with E-state index in [1.165, 1.54) is 0 Å². The molecule has 2 nitrogen and oxygen atoms in total. The molecule has 1 heterocycles. The molecule has 12 heavy (non-hydrogen) atoms. The molecular weight excluding hydrogens is 194 g/mol. The van der Waals surface area contributed by atoms with E-state index < -0.39 is 0 Å². The highest BCUT2D eigenvalue weighted by Gasteiger charge is 1.98. The van der Waals surface area contributed by atoms with Crippen LogP contribution in [0.5, 0.6) is 0 Å². The van der Waals surface area contributed by atoms with Gasteiger partial charge in [0.15, 0.2) is 0 Å². The molecule has 1 aromatic heterocycles. The lowest BCUT2D eigenvalue weighted by Crippen LogP contribution is -1.85. The minimum atomic E-state index is 0.606. The Bertz CT molecular complexity index is 259. The van der Waals surface area contributed by atoms with Crippen molar-refractivity contribution in [2.24, 2.45) is 5.16 Å². The number of hydrogen-bond donors (Lipinski definition) is 0. The number of nitrogens with zero attached hydrogens (tertiary/aromatic N) is 1. The first kappa shape index (κ1) is 9.55. The topological polar surface area (TPSA) is 21.6 Å². The Balaban J connectivity index is 2.37. The van der Waals surface area contributed by atoms with Crippen LogP contribution < -0.4 is 0 Å². The lowest BCUT2D eigenvalue weighted by Gasteiger charge is -1.91. The van der Waals surface area contributed by atoms with E-state index in [1.54, 1.807) is 17.6 Å². The van der Waals surface area contributed by atoms with E-state index in [2.05, 4.69) is 5.16 Å². The maximum Gasteiger partial charge on any atom is 0.114 e. The molecule has 0 aliphatic rings. The molecule has 0 aliphatic carbocycles. The van der Waals surface area contributed by atoms with Gasteiger partial charge in [0.05, 0.1) is 5.02 Å². The van der Waals surface area contributed by atoms with E-state index in [1.807, 2.05) is 18.4 Å². The van der Waals surface area contributed by atoms with Crippen LogP contribution in [0.15, 0.2) is 16.6 Å². The molecule has 0 amide bonds. The van der Waals surface area contributed by atoms with Crippen molar-refractivity contribution in [1.82, 2.24) is 0 Å². The number of thiophene rings is 1. The van der Waals surface area contributed by atoms with Gasteiger partial charge in [0.1, 0.15) is 6.61 Å². The summed E-state index contributed by atoms with van der Waals surface area (Å²) in [5.74, 6) is 0. The van der Waals surface area contributed by atoms with Crippen molar-refractivity contribution in [2.75, 3.05) is 6.61 Å². The van der Waals surface area contributed by atoms with Crippen LogP contribution in [-0.2, 0) is 11.3 Å². The molecule has 0 aromatic carbocycles. The van der Waals surface area contributed by atoms with Crippen LogP contribution in [0.4, 0.5) is 0 Å². The minimum absolute atomic E-state index is 0.606. The predicted octanol–water partition coefficient (Wildman–Crippen LogP) is 2.97. The van der Waals surface area contributed by atoms with Crippen LogP contribution in [0.1, 0.15) is 11.8 Å². The molecule has 0 saturated carbocycles. The van der Waals surface area contributed by atoms with E-state index in [-0.39, 0.29) is 0 Å². The van der Waals surface area contributed by atoms with Crippen molar-refractivity contribution >= 4 is 29.2 Å². The third kappa shape index (κ3) is 2.83. The SMILES string of the molecule is CCON=CCc1sccc1Cl. The van der Waals surface area contributed by atoms with Gasteiger partial charge in [-0.3, -0.25) is 0 Å². The third-order valence-electron chi connectivity index (χ3n) is 1.25. The van der Waals surface area contributed by atoms with E-state index in [0.29, 0.717) is 6.61 Å². The first-order chi connectivity index (χ1) is 5.84. The molecule has 1 rings (SSSR count). The maximum absolute atomic E-state index is 5.86. The van der Waals surface area contributed by atoms with Crippen molar-refractivity contribution in [1.29, 1.82) is 0 Å². The van der Waals surface area contributed by atoms with Crippen LogP contribution in [0.2, 0.25) is 5.02 Å². The molecule has 0 fully saturated rings. The Morgan fingerprint density at radius 2 is 2.58 bits per heavy atom. The van der Waals surface area contributed by atoms with Crippen LogP contribution in [-0.4, -0.2) is 12.8 Å². The van der Waals surface area contributed by atoms with E-state index in [0.717, 1.165) is 16.3 Å². The van der Waals surface area contributed by atoms with Crippen molar-refractivity contribution in [2.45, 2.75) is 13.3 Å². The van der Waals surface area contributed by atoms with Crippen molar-refractivity contribution in [3.8, 4) is 0 Å². The maximum atomic E-state index is 5.86. The van der Waals surface area contributed by atoms with E-state index in [9.17, 15) is 0 Å². The van der Waals surface area contributed by atoms with Gasteiger partial charge in [0, 0.05) is 17.5 Å². The second-order valence-electron chi connectivity index (χ2n) is 2.10. The molecule has 0 saturated heterocycles. The Hall–Kier alpha value is -0.540. The number of halogens is 1. The number of hydrogen-bond acceptors (Lipinski definition) is 3. The summed E-state index contributed by atoms with van der Waals surface area (Å²) in [4.78, 5) is 5.93. The van der Waals surface area contributed by atoms with Gasteiger partial charge in [-0.15, -0.1) is 11.3 Å². The van der Waals surface area contributed by atoms with Gasteiger partial charge < -0.3 is 4.84 Å². The molecular formula is C8H10ClNOS. The summed E-state index contributed by atoms with van der Waals surface area (Å²) in [5.41, 5.74) is 0. The van der Waals surface area contributed by atoms with E-state index in [4.69, 9.17) is 16.4 Å². The molecule has 0 atom stereocenters. The summed E-state index contributed by atoms with van der Waals surface area (Å²) in [6, 6.07) is 1.88. The van der Waals surface area contributed by atoms with Crippen molar-refractivity contribution in [3.63, 3.8) is 0 Å². The standard InChI is InChI=1S/C8H10ClNOS/c1-2-11-10-5-3-8-7(9)4-6-12-8/h4-6H,2-3H2,1H3. The van der Waals surface area contributed by atoms with Gasteiger partial charge in [-0.05, 0) is 18.4 Å². The molecule has 0 bridgehead atoms. The fourth-order valence-electron chi connectivity index (χ4n) is 0.718. The summed E-state index contributed by atoms with van der Waals surface area (Å²) < 4.78 is 0. The average molecular weight is 204 g/mol. The van der Waals surface area contributed by atoms with Crippen LogP contribution in [0.3, 0.4) is 0 Å². The molecule has 66 valence electrons. The summed E-state index contributed by atoms with van der Waals surface area (Å²) in [6.07, 6.45) is 2.47. The monoisotopic (exact) mass is 203 g/mol. The van der Waals surface area contributed by atoms with Crippen molar-refractivity contribution < 1.29 is 4.84 Å². The van der Waals surface area contributed by atoms with Gasteiger partial charge in [-0.1, -0.05) is 16.8 Å². The highest BCUT2D eigenvalue weighted by Crippen LogP contribution is 2.21. The summed E-state index contributed by atoms with van der Waals surface area (Å²) in [7, 11) is 0. The van der Waals surface area contributed by atoms with Gasteiger partial charge in [0.25, 0.3) is 0 Å². The average Bonchev–Trinajstić information content (AvgIpc) is 2.46. The second kappa shape index (κ2) is 5.17. The quantitative estimate of drug-likeness (QED) is 0.545. The summed E-state index contributed by atoms with van der Waals surface area (Å²) in [5, 5.41) is 6.50. The fourth-order valence-corrected chi connectivity index (χ4v) is 1.79. The number of oxime groups is 1. The second-order valence-corrected chi connectivity index (χ2v) is 3.51. The molecule has 0 spiro atoms. The Kier molecular flexibility index (Phi) is 4.11. The van der Waals surface area contributed by atoms with Gasteiger partial charge in [-0.25, -0.2) is 0 Å². The largest absolute Gasteiger partial charge is 0.396 e. The van der Waals surface area contributed by atoms with E-state index >= 15 is 0 Å². The zero-order valence-electron chi connectivity index (χ0n) is 6.79. The zero-order valence-corrected chi connectivity index (χ0v) is 8.36. The molecule has 4 heteroatoms. The third-order valence-corrected chi connectivity index (χ3v) is 2.66. The molecule has 0 aliphatic heterocycles. The zero-order chi connectivity index (χ0) is 8.81. The lowest BCUT2D eigenvalue weighted by molar-refractivity contribution is 0.160. The first-order valence-corrected chi connectivity index (χ1v) is 4.96. The summed E-state index contributed by atoms with van der Waals surface area (Å²) >= 11 is 7.49. The summed E-state index contributed by atoms with van der Waals surface area (Å²) in [6.45, 7) is 2.50. The Morgan fingerprint density at radius 1 is 1.75 bits per heavy atom. The smallest absolute Gasteiger partial charge is 0.114 e. The minimum Gasteiger partial charge on any atom is -0.396 e. The highest BCUT2D eigenvalue weighted by molar-refractivity contribution is 7.10. The molecule has 0 unspecified atom stereocenters. The van der Waals surface area contributed by atoms with Crippen LogP contribution in [0.25, 0.3) is 0 Å². The van der Waals surface area contributed by atoms with Crippen molar-refractivity contribution in [3.05, 3.63) is 21.3 Å². The van der Waals surface area contributed by atoms with Crippen LogP contribution in [0, 0.1) is 0 Å². The predicted molar refractivity (Wildman–Crippen MR) is 53.2 cm³/mol. The first-order valence-electron chi connectivity index (χ1n) is 3.70. The highest BCUT2D eigenvalue weighted by atomic mass is 35.5. The van der Waals surface area contributed by atoms with Gasteiger partial charge in [-0.2, -0.15) is 0 Å². The molecule has 0 N–H and O–H groups in total. The lowest BCUT2D eigenvalue weighted by atomic mass is 10.4. The van der Waals surface area contributed by atoms with Gasteiger partial charge >= 0.3 is 0 Å². The van der Waals surface area contributed by atoms with Gasteiger partial charge in [0.2, 0.25) is 0 Å². The Morgan fingerprint density at radius 3 is 3.17 bits per heavy atom. The Labute approximate surface area is 80.8 Å². The fraction of sp³-hybridized carbons (Fsp3) is 0.375. The molecule has 0 radical (unpaired) electrons. The van der Waals surface area contributed by atoms with Crippen LogP contribution >= 0.6 is 22.9 Å². The normalized spacial score (nSPS) is 10.8.